The van der Waals surface area contributed by atoms with Crippen molar-refractivity contribution in [3.05, 3.63) is 45.4 Å². The van der Waals surface area contributed by atoms with Crippen molar-refractivity contribution in [3.63, 3.8) is 0 Å². The number of rotatable bonds is 5. The molecule has 0 unspecified atom stereocenters. The molecule has 1 aromatic heterocycles. The number of thiazole rings is 1. The maximum Gasteiger partial charge on any atom is 0.322 e. The maximum absolute atomic E-state index is 13.1. The molecule has 178 valence electrons. The molecule has 4 rings (SSSR count). The van der Waals surface area contributed by atoms with Crippen LogP contribution in [0.1, 0.15) is 53.3 Å². The van der Waals surface area contributed by atoms with Gasteiger partial charge in [-0.1, -0.05) is 18.2 Å². The smallest absolute Gasteiger partial charge is 0.322 e. The molecule has 0 aliphatic carbocycles. The van der Waals surface area contributed by atoms with Crippen LogP contribution >= 0.6 is 11.3 Å². The van der Waals surface area contributed by atoms with E-state index in [0.717, 1.165) is 21.8 Å². The van der Waals surface area contributed by atoms with Crippen LogP contribution < -0.4 is 5.32 Å². The molecule has 0 saturated carbocycles. The van der Waals surface area contributed by atoms with Crippen molar-refractivity contribution >= 4 is 29.0 Å². The molecule has 9 heteroatoms. The van der Waals surface area contributed by atoms with E-state index in [4.69, 9.17) is 9.47 Å². The van der Waals surface area contributed by atoms with Crippen LogP contribution in [0.4, 0.5) is 10.5 Å². The molecule has 2 aliphatic heterocycles. The van der Waals surface area contributed by atoms with Crippen LogP contribution in [0.25, 0.3) is 0 Å². The van der Waals surface area contributed by atoms with Crippen LogP contribution in [0, 0.1) is 13.8 Å². The zero-order valence-corrected chi connectivity index (χ0v) is 20.5. The fraction of sp³-hybridized carbons (Fsp3) is 0.542. The van der Waals surface area contributed by atoms with E-state index in [1.807, 2.05) is 50.8 Å². The minimum absolute atomic E-state index is 0.0259. The zero-order valence-electron chi connectivity index (χ0n) is 19.7. The number of likely N-dealkylation sites (tertiary alicyclic amines) is 1. The molecular formula is C24H32N4O4S. The first-order valence-corrected chi connectivity index (χ1v) is 12.3. The first-order chi connectivity index (χ1) is 15.8. The number of aryl methyl sites for hydroxylation is 2. The number of carbonyl (C=O) groups is 2. The second kappa shape index (κ2) is 9.79. The lowest BCUT2D eigenvalue weighted by molar-refractivity contribution is -0.181. The van der Waals surface area contributed by atoms with Gasteiger partial charge in [-0.15, -0.1) is 11.3 Å². The lowest BCUT2D eigenvalue weighted by Gasteiger charge is -2.37. The van der Waals surface area contributed by atoms with Gasteiger partial charge in [0.1, 0.15) is 10.7 Å². The summed E-state index contributed by atoms with van der Waals surface area (Å²) in [6.07, 6.45) is 1.35. The molecular weight excluding hydrogens is 440 g/mol. The van der Waals surface area contributed by atoms with Crippen molar-refractivity contribution in [2.24, 2.45) is 0 Å². The van der Waals surface area contributed by atoms with E-state index in [1.165, 1.54) is 11.3 Å². The van der Waals surface area contributed by atoms with E-state index in [2.05, 4.69) is 10.3 Å². The van der Waals surface area contributed by atoms with Gasteiger partial charge in [0.15, 0.2) is 5.79 Å². The molecule has 1 aromatic carbocycles. The van der Waals surface area contributed by atoms with E-state index in [0.29, 0.717) is 51.4 Å². The van der Waals surface area contributed by atoms with Crippen molar-refractivity contribution < 1.29 is 19.1 Å². The van der Waals surface area contributed by atoms with Gasteiger partial charge in [-0.25, -0.2) is 9.78 Å². The third kappa shape index (κ3) is 5.20. The molecule has 2 fully saturated rings. The molecule has 3 amide bonds. The van der Waals surface area contributed by atoms with Crippen LogP contribution in [-0.4, -0.2) is 64.9 Å². The Kier molecular flexibility index (Phi) is 7.02. The summed E-state index contributed by atoms with van der Waals surface area (Å²) in [5, 5.41) is 5.57. The quantitative estimate of drug-likeness (QED) is 0.706. The van der Waals surface area contributed by atoms with Gasteiger partial charge in [-0.3, -0.25) is 4.79 Å². The van der Waals surface area contributed by atoms with Gasteiger partial charge in [-0.2, -0.15) is 0 Å². The Balaban J connectivity index is 1.39. The monoisotopic (exact) mass is 472 g/mol. The van der Waals surface area contributed by atoms with Crippen molar-refractivity contribution in [2.45, 2.75) is 58.9 Å². The standard InChI is InChI=1S/C24H32N4O4S/c1-16(2)28(23(30)26-21-17(3)6-5-7-18(21)4)14-20-25-19(15-33-20)22(29)27-10-8-24(9-11-27)31-12-13-32-24/h5-7,15-16H,8-14H2,1-4H3,(H,26,30). The Bertz CT molecular complexity index is 985. The number of aromatic nitrogens is 1. The fourth-order valence-corrected chi connectivity index (χ4v) is 5.07. The molecule has 1 spiro atoms. The molecule has 1 N–H and O–H groups in total. The van der Waals surface area contributed by atoms with Gasteiger partial charge in [-0.05, 0) is 38.8 Å². The van der Waals surface area contributed by atoms with E-state index in [-0.39, 0.29) is 18.0 Å². The summed E-state index contributed by atoms with van der Waals surface area (Å²) < 4.78 is 11.5. The number of carbonyl (C=O) groups excluding carboxylic acids is 2. The Morgan fingerprint density at radius 3 is 2.42 bits per heavy atom. The van der Waals surface area contributed by atoms with Gasteiger partial charge in [0.25, 0.3) is 5.91 Å². The minimum Gasteiger partial charge on any atom is -0.347 e. The van der Waals surface area contributed by atoms with Gasteiger partial charge < -0.3 is 24.6 Å². The van der Waals surface area contributed by atoms with E-state index in [9.17, 15) is 9.59 Å². The number of urea groups is 1. The van der Waals surface area contributed by atoms with E-state index in [1.54, 1.807) is 10.3 Å². The molecule has 2 saturated heterocycles. The lowest BCUT2D eigenvalue weighted by atomic mass is 10.0. The average Bonchev–Trinajstić information content (AvgIpc) is 3.44. The van der Waals surface area contributed by atoms with Crippen molar-refractivity contribution in [1.82, 2.24) is 14.8 Å². The van der Waals surface area contributed by atoms with E-state index >= 15 is 0 Å². The van der Waals surface area contributed by atoms with Crippen molar-refractivity contribution in [3.8, 4) is 0 Å². The molecule has 0 atom stereocenters. The highest BCUT2D eigenvalue weighted by Crippen LogP contribution is 2.32. The maximum atomic E-state index is 13.1. The number of hydrogen-bond donors (Lipinski definition) is 1. The number of ether oxygens (including phenoxy) is 2. The summed E-state index contributed by atoms with van der Waals surface area (Å²) in [7, 11) is 0. The van der Waals surface area contributed by atoms with Gasteiger partial charge in [0.2, 0.25) is 0 Å². The molecule has 2 aromatic rings. The Hall–Kier alpha value is -2.49. The van der Waals surface area contributed by atoms with Crippen LogP contribution in [0.3, 0.4) is 0 Å². The third-order valence-electron chi connectivity index (χ3n) is 6.30. The number of nitrogens with one attached hydrogen (secondary N) is 1. The summed E-state index contributed by atoms with van der Waals surface area (Å²) in [4.78, 5) is 34.2. The normalized spacial score (nSPS) is 17.5. The molecule has 3 heterocycles. The predicted molar refractivity (Wildman–Crippen MR) is 128 cm³/mol. The van der Waals surface area contributed by atoms with Crippen LogP contribution in [0.2, 0.25) is 0 Å². The molecule has 33 heavy (non-hydrogen) atoms. The topological polar surface area (TPSA) is 84.0 Å². The second-order valence-electron chi connectivity index (χ2n) is 8.94. The molecule has 0 bridgehead atoms. The van der Waals surface area contributed by atoms with Gasteiger partial charge in [0.05, 0.1) is 19.8 Å². The Morgan fingerprint density at radius 2 is 1.82 bits per heavy atom. The average molecular weight is 473 g/mol. The van der Waals surface area contributed by atoms with E-state index < -0.39 is 5.79 Å². The van der Waals surface area contributed by atoms with Gasteiger partial charge >= 0.3 is 6.03 Å². The SMILES string of the molecule is Cc1cccc(C)c1NC(=O)N(Cc1nc(C(=O)N2CCC3(CC2)OCCO3)cs1)C(C)C. The Morgan fingerprint density at radius 1 is 1.18 bits per heavy atom. The van der Waals surface area contributed by atoms with Crippen LogP contribution in [-0.2, 0) is 16.0 Å². The number of amides is 3. The Labute approximate surface area is 198 Å². The second-order valence-corrected chi connectivity index (χ2v) is 9.89. The lowest BCUT2D eigenvalue weighted by Crippen LogP contribution is -2.47. The number of benzene rings is 1. The first kappa shape index (κ1) is 23.7. The van der Waals surface area contributed by atoms with Gasteiger partial charge in [0, 0.05) is 43.0 Å². The van der Waals surface area contributed by atoms with Crippen molar-refractivity contribution in [2.75, 3.05) is 31.6 Å². The zero-order chi connectivity index (χ0) is 23.6. The first-order valence-electron chi connectivity index (χ1n) is 11.4. The third-order valence-corrected chi connectivity index (χ3v) is 7.13. The van der Waals surface area contributed by atoms with Crippen LogP contribution in [0.5, 0.6) is 0 Å². The minimum atomic E-state index is -0.509. The van der Waals surface area contributed by atoms with Crippen LogP contribution in [0.15, 0.2) is 23.6 Å². The highest BCUT2D eigenvalue weighted by atomic mass is 32.1. The number of hydrogen-bond acceptors (Lipinski definition) is 6. The number of para-hydroxylation sites is 1. The highest BCUT2D eigenvalue weighted by Gasteiger charge is 2.41. The summed E-state index contributed by atoms with van der Waals surface area (Å²) in [5.74, 6) is -0.591. The summed E-state index contributed by atoms with van der Waals surface area (Å²) >= 11 is 1.41. The molecule has 2 aliphatic rings. The summed E-state index contributed by atoms with van der Waals surface area (Å²) in [6, 6.07) is 5.73. The van der Waals surface area contributed by atoms with Crippen molar-refractivity contribution in [1.29, 1.82) is 0 Å². The fourth-order valence-electron chi connectivity index (χ4n) is 4.30. The highest BCUT2D eigenvalue weighted by molar-refractivity contribution is 7.09. The summed E-state index contributed by atoms with van der Waals surface area (Å²) in [5.41, 5.74) is 3.30. The number of nitrogens with zero attached hydrogens (tertiary/aromatic N) is 3. The predicted octanol–water partition coefficient (Wildman–Crippen LogP) is 4.18. The number of piperidine rings is 1. The largest absolute Gasteiger partial charge is 0.347 e. The summed E-state index contributed by atoms with van der Waals surface area (Å²) in [6.45, 7) is 10.7. The molecule has 8 nitrogen and oxygen atoms in total. The number of anilines is 1. The molecule has 0 radical (unpaired) electrons.